The molecule has 0 saturated heterocycles. The summed E-state index contributed by atoms with van der Waals surface area (Å²) < 4.78 is 0. The maximum absolute atomic E-state index is 10.5. The summed E-state index contributed by atoms with van der Waals surface area (Å²) in [6.07, 6.45) is -0.0602. The molecule has 0 aliphatic heterocycles. The van der Waals surface area contributed by atoms with E-state index in [0.717, 1.165) is 5.56 Å². The number of aliphatic carboxylic acids is 1. The molecule has 0 aliphatic rings. The fraction of sp³-hybridized carbons (Fsp3) is 0.222. The molecule has 0 saturated carbocycles. The SMILES string of the molecule is O=C(O)Cc1cc(O)ccc1CBr. The normalized spacial score (nSPS) is 9.92. The number of carboxylic acids is 1. The first-order valence-corrected chi connectivity index (χ1v) is 4.84. The third-order valence-electron chi connectivity index (χ3n) is 1.68. The van der Waals surface area contributed by atoms with Gasteiger partial charge in [0.25, 0.3) is 0 Å². The summed E-state index contributed by atoms with van der Waals surface area (Å²) in [6.45, 7) is 0. The van der Waals surface area contributed by atoms with Gasteiger partial charge in [-0.1, -0.05) is 22.0 Å². The van der Waals surface area contributed by atoms with E-state index in [1.807, 2.05) is 0 Å². The van der Waals surface area contributed by atoms with Crippen molar-refractivity contribution >= 4 is 21.9 Å². The fourth-order valence-corrected chi connectivity index (χ4v) is 1.62. The van der Waals surface area contributed by atoms with E-state index in [-0.39, 0.29) is 12.2 Å². The molecule has 3 nitrogen and oxygen atoms in total. The Kier molecular flexibility index (Phi) is 3.31. The molecule has 0 radical (unpaired) electrons. The lowest BCUT2D eigenvalue weighted by Crippen LogP contribution is -2.02. The number of hydrogen-bond acceptors (Lipinski definition) is 2. The van der Waals surface area contributed by atoms with Crippen LogP contribution < -0.4 is 0 Å². The van der Waals surface area contributed by atoms with Crippen LogP contribution in [0.2, 0.25) is 0 Å². The molecule has 13 heavy (non-hydrogen) atoms. The van der Waals surface area contributed by atoms with E-state index in [2.05, 4.69) is 15.9 Å². The number of aromatic hydroxyl groups is 1. The molecule has 0 unspecified atom stereocenters. The van der Waals surface area contributed by atoms with E-state index < -0.39 is 5.97 Å². The molecule has 70 valence electrons. The van der Waals surface area contributed by atoms with Crippen LogP contribution in [0.5, 0.6) is 5.75 Å². The second-order valence-corrected chi connectivity index (χ2v) is 3.22. The summed E-state index contributed by atoms with van der Waals surface area (Å²) in [5.41, 5.74) is 1.53. The van der Waals surface area contributed by atoms with Gasteiger partial charge in [-0.3, -0.25) is 4.79 Å². The van der Waals surface area contributed by atoms with E-state index in [1.165, 1.54) is 6.07 Å². The first-order chi connectivity index (χ1) is 6.13. The zero-order valence-corrected chi connectivity index (χ0v) is 8.41. The summed E-state index contributed by atoms with van der Waals surface area (Å²) in [5.74, 6) is -0.797. The van der Waals surface area contributed by atoms with Crippen LogP contribution in [0.3, 0.4) is 0 Å². The quantitative estimate of drug-likeness (QED) is 0.799. The van der Waals surface area contributed by atoms with Gasteiger partial charge in [-0.2, -0.15) is 0 Å². The summed E-state index contributed by atoms with van der Waals surface area (Å²) >= 11 is 3.25. The predicted octanol–water partition coefficient (Wildman–Crippen LogP) is 1.91. The highest BCUT2D eigenvalue weighted by molar-refractivity contribution is 9.08. The summed E-state index contributed by atoms with van der Waals surface area (Å²) in [7, 11) is 0. The van der Waals surface area contributed by atoms with E-state index in [4.69, 9.17) is 10.2 Å². The molecule has 0 spiro atoms. The lowest BCUT2D eigenvalue weighted by molar-refractivity contribution is -0.136. The summed E-state index contributed by atoms with van der Waals surface area (Å²) in [6, 6.07) is 4.73. The maximum Gasteiger partial charge on any atom is 0.307 e. The van der Waals surface area contributed by atoms with Crippen LogP contribution >= 0.6 is 15.9 Å². The second-order valence-electron chi connectivity index (χ2n) is 2.66. The van der Waals surface area contributed by atoms with E-state index >= 15 is 0 Å². The molecule has 0 bridgehead atoms. The number of halogens is 1. The van der Waals surface area contributed by atoms with Crippen molar-refractivity contribution in [2.75, 3.05) is 0 Å². The Morgan fingerprint density at radius 1 is 1.38 bits per heavy atom. The summed E-state index contributed by atoms with van der Waals surface area (Å²) in [5, 5.41) is 18.3. The van der Waals surface area contributed by atoms with Crippen molar-refractivity contribution in [3.8, 4) is 5.75 Å². The number of hydrogen-bond donors (Lipinski definition) is 2. The van der Waals surface area contributed by atoms with Crippen molar-refractivity contribution in [1.82, 2.24) is 0 Å². The molecule has 1 rings (SSSR count). The van der Waals surface area contributed by atoms with E-state index in [9.17, 15) is 4.79 Å². The lowest BCUT2D eigenvalue weighted by Gasteiger charge is -2.04. The minimum absolute atomic E-state index is 0.0602. The van der Waals surface area contributed by atoms with Gasteiger partial charge in [-0.05, 0) is 23.3 Å². The number of carboxylic acid groups (broad SMARTS) is 1. The van der Waals surface area contributed by atoms with Crippen LogP contribution in [0.25, 0.3) is 0 Å². The molecule has 4 heteroatoms. The number of alkyl halides is 1. The molecular formula is C9H9BrO3. The van der Waals surface area contributed by atoms with Crippen LogP contribution in [0.1, 0.15) is 11.1 Å². The van der Waals surface area contributed by atoms with Gasteiger partial charge in [-0.15, -0.1) is 0 Å². The number of phenols is 1. The van der Waals surface area contributed by atoms with Gasteiger partial charge in [0.2, 0.25) is 0 Å². The molecule has 1 aromatic rings. The van der Waals surface area contributed by atoms with Crippen molar-refractivity contribution in [2.24, 2.45) is 0 Å². The Labute approximate surface area is 84.1 Å². The molecule has 0 amide bonds. The molecule has 0 fully saturated rings. The van der Waals surface area contributed by atoms with Gasteiger partial charge in [0.1, 0.15) is 5.75 Å². The highest BCUT2D eigenvalue weighted by Crippen LogP contribution is 2.19. The first-order valence-electron chi connectivity index (χ1n) is 3.72. The minimum Gasteiger partial charge on any atom is -0.508 e. The third-order valence-corrected chi connectivity index (χ3v) is 2.28. The predicted molar refractivity (Wildman–Crippen MR) is 52.1 cm³/mol. The van der Waals surface area contributed by atoms with Gasteiger partial charge in [0.15, 0.2) is 0 Å². The average Bonchev–Trinajstić information content (AvgIpc) is 2.03. The van der Waals surface area contributed by atoms with Crippen LogP contribution in [-0.4, -0.2) is 16.2 Å². The van der Waals surface area contributed by atoms with E-state index in [0.29, 0.717) is 10.9 Å². The van der Waals surface area contributed by atoms with Gasteiger partial charge in [0.05, 0.1) is 6.42 Å². The monoisotopic (exact) mass is 244 g/mol. The highest BCUT2D eigenvalue weighted by Gasteiger charge is 2.06. The van der Waals surface area contributed by atoms with Crippen LogP contribution in [-0.2, 0) is 16.5 Å². The van der Waals surface area contributed by atoms with Crippen LogP contribution in [0, 0.1) is 0 Å². The standard InChI is InChI=1S/C9H9BrO3/c10-5-6-1-2-8(11)3-7(6)4-9(12)13/h1-3,11H,4-5H2,(H,12,13). The number of phenolic OH excluding ortho intramolecular Hbond substituents is 1. The lowest BCUT2D eigenvalue weighted by atomic mass is 10.1. The molecule has 0 atom stereocenters. The summed E-state index contributed by atoms with van der Waals surface area (Å²) in [4.78, 5) is 10.5. The van der Waals surface area contributed by atoms with Crippen molar-refractivity contribution in [3.05, 3.63) is 29.3 Å². The zero-order chi connectivity index (χ0) is 9.84. The van der Waals surface area contributed by atoms with Gasteiger partial charge < -0.3 is 10.2 Å². The smallest absolute Gasteiger partial charge is 0.307 e. The maximum atomic E-state index is 10.5. The van der Waals surface area contributed by atoms with Crippen molar-refractivity contribution < 1.29 is 15.0 Å². The molecular weight excluding hydrogens is 236 g/mol. The molecule has 0 aliphatic carbocycles. The topological polar surface area (TPSA) is 57.5 Å². The Morgan fingerprint density at radius 2 is 2.08 bits per heavy atom. The number of carbonyl (C=O) groups is 1. The van der Waals surface area contributed by atoms with Crippen molar-refractivity contribution in [3.63, 3.8) is 0 Å². The molecule has 0 aromatic heterocycles. The Bertz CT molecular complexity index is 323. The van der Waals surface area contributed by atoms with Gasteiger partial charge in [0, 0.05) is 5.33 Å². The zero-order valence-electron chi connectivity index (χ0n) is 6.83. The van der Waals surface area contributed by atoms with Crippen LogP contribution in [0.4, 0.5) is 0 Å². The van der Waals surface area contributed by atoms with Crippen molar-refractivity contribution in [2.45, 2.75) is 11.8 Å². The second kappa shape index (κ2) is 4.28. The van der Waals surface area contributed by atoms with Crippen LogP contribution in [0.15, 0.2) is 18.2 Å². The molecule has 2 N–H and O–H groups in total. The Hall–Kier alpha value is -1.03. The Morgan fingerprint density at radius 3 is 2.62 bits per heavy atom. The largest absolute Gasteiger partial charge is 0.508 e. The minimum atomic E-state index is -0.896. The first kappa shape index (κ1) is 10.1. The third kappa shape index (κ3) is 2.73. The number of benzene rings is 1. The fourth-order valence-electron chi connectivity index (χ4n) is 1.07. The number of rotatable bonds is 3. The Balaban J connectivity index is 3.01. The van der Waals surface area contributed by atoms with Gasteiger partial charge in [-0.25, -0.2) is 0 Å². The average molecular weight is 245 g/mol. The molecule has 0 heterocycles. The molecule has 1 aromatic carbocycles. The van der Waals surface area contributed by atoms with Gasteiger partial charge >= 0.3 is 5.97 Å². The van der Waals surface area contributed by atoms with Crippen molar-refractivity contribution in [1.29, 1.82) is 0 Å². The van der Waals surface area contributed by atoms with E-state index in [1.54, 1.807) is 12.1 Å². The highest BCUT2D eigenvalue weighted by atomic mass is 79.9.